The van der Waals surface area contributed by atoms with Crippen molar-refractivity contribution in [3.8, 4) is 0 Å². The van der Waals surface area contributed by atoms with Gasteiger partial charge in [0.15, 0.2) is 0 Å². The number of hydrogen-bond acceptors (Lipinski definition) is 3. The molecule has 0 unspecified atom stereocenters. The van der Waals surface area contributed by atoms with Crippen molar-refractivity contribution >= 4 is 11.7 Å². The molecule has 4 heteroatoms. The Kier molecular flexibility index (Phi) is 3.37. The molecule has 94 valence electrons. The maximum atomic E-state index is 10.7. The van der Waals surface area contributed by atoms with Gasteiger partial charge in [-0.15, -0.1) is 0 Å². The smallest absolute Gasteiger partial charge is 0.338 e. The van der Waals surface area contributed by atoms with Crippen molar-refractivity contribution in [1.29, 1.82) is 0 Å². The normalized spacial score (nSPS) is 10.3. The fourth-order valence-corrected chi connectivity index (χ4v) is 1.85. The maximum absolute atomic E-state index is 10.7. The van der Waals surface area contributed by atoms with E-state index in [-0.39, 0.29) is 5.56 Å². The van der Waals surface area contributed by atoms with Gasteiger partial charge >= 0.3 is 5.97 Å². The molecule has 0 radical (unpaired) electrons. The third-order valence-corrected chi connectivity index (χ3v) is 2.59. The summed E-state index contributed by atoms with van der Waals surface area (Å²) in [5.41, 5.74) is 3.54. The Morgan fingerprint density at radius 2 is 1.89 bits per heavy atom. The van der Waals surface area contributed by atoms with Crippen molar-refractivity contribution in [1.82, 2.24) is 0 Å². The quantitative estimate of drug-likeness (QED) is 0.868. The number of benzene rings is 1. The topological polar surface area (TPSA) is 62.5 Å². The fraction of sp³-hybridized carbons (Fsp3) is 0.214. The van der Waals surface area contributed by atoms with Crippen molar-refractivity contribution in [3.63, 3.8) is 0 Å². The average molecular weight is 245 g/mol. The number of aromatic carboxylic acids is 1. The Morgan fingerprint density at radius 3 is 2.44 bits per heavy atom. The third-order valence-electron chi connectivity index (χ3n) is 2.59. The standard InChI is InChI=1S/C14H15NO3/c1-9-3-10(2)5-12(4-9)15-7-13-6-11(8-18-13)14(16)17/h3-6,8,15H,7H2,1-2H3,(H,16,17). The Morgan fingerprint density at radius 1 is 1.22 bits per heavy atom. The summed E-state index contributed by atoms with van der Waals surface area (Å²) >= 11 is 0. The first-order valence-electron chi connectivity index (χ1n) is 5.67. The van der Waals surface area contributed by atoms with Crippen LogP contribution in [0.2, 0.25) is 0 Å². The minimum atomic E-state index is -0.976. The largest absolute Gasteiger partial charge is 0.478 e. The van der Waals surface area contributed by atoms with E-state index < -0.39 is 5.97 Å². The second-order valence-electron chi connectivity index (χ2n) is 4.34. The lowest BCUT2D eigenvalue weighted by molar-refractivity contribution is 0.0696. The van der Waals surface area contributed by atoms with Gasteiger partial charge in [0.1, 0.15) is 12.0 Å². The van der Waals surface area contributed by atoms with E-state index in [1.165, 1.54) is 23.5 Å². The molecule has 0 aliphatic heterocycles. The lowest BCUT2D eigenvalue weighted by Gasteiger charge is -2.06. The summed E-state index contributed by atoms with van der Waals surface area (Å²) in [5.74, 6) is -0.372. The third kappa shape index (κ3) is 2.91. The van der Waals surface area contributed by atoms with Gasteiger partial charge in [-0.1, -0.05) is 6.07 Å². The van der Waals surface area contributed by atoms with Gasteiger partial charge in [0, 0.05) is 5.69 Å². The zero-order chi connectivity index (χ0) is 13.1. The Labute approximate surface area is 105 Å². The number of carbonyl (C=O) groups is 1. The molecule has 2 aromatic rings. The fourth-order valence-electron chi connectivity index (χ4n) is 1.85. The van der Waals surface area contributed by atoms with Gasteiger partial charge in [-0.05, 0) is 43.2 Å². The minimum absolute atomic E-state index is 0.173. The Bertz CT molecular complexity index is 552. The maximum Gasteiger partial charge on any atom is 0.338 e. The zero-order valence-corrected chi connectivity index (χ0v) is 10.4. The van der Waals surface area contributed by atoms with Crippen LogP contribution in [0, 0.1) is 13.8 Å². The highest BCUT2D eigenvalue weighted by molar-refractivity contribution is 5.87. The second-order valence-corrected chi connectivity index (χ2v) is 4.34. The molecule has 2 N–H and O–H groups in total. The van der Waals surface area contributed by atoms with Crippen LogP contribution in [0.25, 0.3) is 0 Å². The van der Waals surface area contributed by atoms with Crippen molar-refractivity contribution in [2.75, 3.05) is 5.32 Å². The summed E-state index contributed by atoms with van der Waals surface area (Å²) < 4.78 is 5.16. The van der Waals surface area contributed by atoms with E-state index in [0.717, 1.165) is 5.69 Å². The number of furan rings is 1. The highest BCUT2D eigenvalue weighted by Crippen LogP contribution is 2.15. The highest BCUT2D eigenvalue weighted by Gasteiger charge is 2.07. The summed E-state index contributed by atoms with van der Waals surface area (Å²) in [4.78, 5) is 10.7. The predicted octanol–water partition coefficient (Wildman–Crippen LogP) is 3.21. The lowest BCUT2D eigenvalue weighted by Crippen LogP contribution is -1.99. The van der Waals surface area contributed by atoms with Gasteiger partial charge in [-0.2, -0.15) is 0 Å². The predicted molar refractivity (Wildman–Crippen MR) is 68.9 cm³/mol. The van der Waals surface area contributed by atoms with E-state index in [9.17, 15) is 4.79 Å². The molecule has 0 fully saturated rings. The zero-order valence-electron chi connectivity index (χ0n) is 10.4. The van der Waals surface area contributed by atoms with E-state index in [1.807, 2.05) is 26.0 Å². The van der Waals surface area contributed by atoms with Crippen LogP contribution in [0.1, 0.15) is 27.2 Å². The van der Waals surface area contributed by atoms with E-state index >= 15 is 0 Å². The number of carboxylic acids is 1. The van der Waals surface area contributed by atoms with E-state index in [1.54, 1.807) is 0 Å². The van der Waals surface area contributed by atoms with Gasteiger partial charge in [-0.3, -0.25) is 0 Å². The molecule has 0 atom stereocenters. The number of carboxylic acid groups (broad SMARTS) is 1. The molecule has 1 aromatic carbocycles. The molecule has 0 spiro atoms. The van der Waals surface area contributed by atoms with Crippen LogP contribution in [-0.4, -0.2) is 11.1 Å². The van der Waals surface area contributed by atoms with Gasteiger partial charge in [-0.25, -0.2) is 4.79 Å². The van der Waals surface area contributed by atoms with E-state index in [2.05, 4.69) is 11.4 Å². The summed E-state index contributed by atoms with van der Waals surface area (Å²) in [6, 6.07) is 7.70. The van der Waals surface area contributed by atoms with Crippen LogP contribution < -0.4 is 5.32 Å². The molecule has 18 heavy (non-hydrogen) atoms. The Balaban J connectivity index is 2.04. The first-order chi connectivity index (χ1) is 8.54. The first-order valence-corrected chi connectivity index (χ1v) is 5.67. The molecule has 2 rings (SSSR count). The number of aryl methyl sites for hydroxylation is 2. The van der Waals surface area contributed by atoms with Gasteiger partial charge in [0.2, 0.25) is 0 Å². The first kappa shape index (κ1) is 12.2. The van der Waals surface area contributed by atoms with E-state index in [0.29, 0.717) is 12.3 Å². The molecule has 0 saturated heterocycles. The van der Waals surface area contributed by atoms with Gasteiger partial charge < -0.3 is 14.8 Å². The molecule has 0 aliphatic rings. The number of nitrogens with one attached hydrogen (secondary N) is 1. The van der Waals surface area contributed by atoms with Crippen molar-refractivity contribution < 1.29 is 14.3 Å². The molecule has 0 aliphatic carbocycles. The molecule has 0 bridgehead atoms. The summed E-state index contributed by atoms with van der Waals surface area (Å²) in [7, 11) is 0. The molecule has 0 amide bonds. The van der Waals surface area contributed by atoms with Crippen LogP contribution in [0.3, 0.4) is 0 Å². The van der Waals surface area contributed by atoms with E-state index in [4.69, 9.17) is 9.52 Å². The molecule has 4 nitrogen and oxygen atoms in total. The van der Waals surface area contributed by atoms with Gasteiger partial charge in [0.25, 0.3) is 0 Å². The second kappa shape index (κ2) is 4.96. The van der Waals surface area contributed by atoms with Crippen LogP contribution in [0.15, 0.2) is 34.9 Å². The van der Waals surface area contributed by atoms with Gasteiger partial charge in [0.05, 0.1) is 12.1 Å². The van der Waals surface area contributed by atoms with Crippen LogP contribution >= 0.6 is 0 Å². The highest BCUT2D eigenvalue weighted by atomic mass is 16.4. The molecular weight excluding hydrogens is 230 g/mol. The summed E-state index contributed by atoms with van der Waals surface area (Å²) in [6.45, 7) is 4.54. The summed E-state index contributed by atoms with van der Waals surface area (Å²) in [6.07, 6.45) is 1.25. The lowest BCUT2D eigenvalue weighted by atomic mass is 10.1. The average Bonchev–Trinajstić information content (AvgIpc) is 2.73. The van der Waals surface area contributed by atoms with Crippen LogP contribution in [0.4, 0.5) is 5.69 Å². The monoisotopic (exact) mass is 245 g/mol. The SMILES string of the molecule is Cc1cc(C)cc(NCc2cc(C(=O)O)co2)c1. The van der Waals surface area contributed by atoms with Crippen molar-refractivity contribution in [3.05, 3.63) is 53.0 Å². The van der Waals surface area contributed by atoms with Crippen molar-refractivity contribution in [2.45, 2.75) is 20.4 Å². The molecule has 1 heterocycles. The molecular formula is C14H15NO3. The molecule has 0 saturated carbocycles. The molecule has 1 aromatic heterocycles. The number of rotatable bonds is 4. The number of hydrogen-bond donors (Lipinski definition) is 2. The van der Waals surface area contributed by atoms with Crippen LogP contribution in [0.5, 0.6) is 0 Å². The van der Waals surface area contributed by atoms with Crippen LogP contribution in [-0.2, 0) is 6.54 Å². The van der Waals surface area contributed by atoms with Crippen molar-refractivity contribution in [2.24, 2.45) is 0 Å². The summed E-state index contributed by atoms with van der Waals surface area (Å²) in [5, 5.41) is 12.0. The Hall–Kier alpha value is -2.23. The number of anilines is 1. The minimum Gasteiger partial charge on any atom is -0.478 e.